The minimum absolute atomic E-state index is 0.00283. The van der Waals surface area contributed by atoms with Crippen LogP contribution in [0.3, 0.4) is 0 Å². The van der Waals surface area contributed by atoms with E-state index in [-0.39, 0.29) is 60.0 Å². The molecule has 180 valence electrons. The van der Waals surface area contributed by atoms with E-state index >= 15 is 0 Å². The van der Waals surface area contributed by atoms with Crippen LogP contribution in [0.5, 0.6) is 0 Å². The Kier molecular flexibility index (Phi) is 6.34. The van der Waals surface area contributed by atoms with Gasteiger partial charge >= 0.3 is 12.3 Å². The predicted molar refractivity (Wildman–Crippen MR) is 111 cm³/mol. The van der Waals surface area contributed by atoms with E-state index in [1.54, 1.807) is 0 Å². The molecule has 2 fully saturated rings. The quantitative estimate of drug-likeness (QED) is 0.635. The van der Waals surface area contributed by atoms with E-state index in [1.807, 2.05) is 0 Å². The van der Waals surface area contributed by atoms with Gasteiger partial charge < -0.3 is 20.3 Å². The minimum Gasteiger partial charge on any atom is -0.443 e. The SMILES string of the molecule is CNC(=O)c1csc2c(C(F)(F)F)cc(N3CC[C@@H](OC(=O)NC4CC(F)C4)[C@H](F)C3)nc12. The summed E-state index contributed by atoms with van der Waals surface area (Å²) in [4.78, 5) is 29.6. The van der Waals surface area contributed by atoms with Crippen molar-refractivity contribution in [2.45, 2.75) is 49.9 Å². The van der Waals surface area contributed by atoms with Crippen LogP contribution in [0, 0.1) is 0 Å². The molecule has 1 aliphatic carbocycles. The number of alkyl halides is 5. The third-order valence-corrected chi connectivity index (χ3v) is 6.76. The van der Waals surface area contributed by atoms with Crippen molar-refractivity contribution in [1.82, 2.24) is 15.6 Å². The van der Waals surface area contributed by atoms with Gasteiger partial charge in [-0.15, -0.1) is 11.3 Å². The molecule has 2 atom stereocenters. The smallest absolute Gasteiger partial charge is 0.417 e. The zero-order valence-electron chi connectivity index (χ0n) is 17.4. The molecule has 0 unspecified atom stereocenters. The Morgan fingerprint density at radius 2 is 2.00 bits per heavy atom. The Labute approximate surface area is 189 Å². The van der Waals surface area contributed by atoms with Gasteiger partial charge in [-0.3, -0.25) is 4.79 Å². The lowest BCUT2D eigenvalue weighted by molar-refractivity contribution is -0.136. The number of amides is 2. The molecule has 2 aliphatic rings. The maximum Gasteiger partial charge on any atom is 0.417 e. The highest BCUT2D eigenvalue weighted by atomic mass is 32.1. The highest BCUT2D eigenvalue weighted by Gasteiger charge is 2.38. The van der Waals surface area contributed by atoms with Gasteiger partial charge in [-0.2, -0.15) is 13.2 Å². The molecule has 0 bridgehead atoms. The Morgan fingerprint density at radius 1 is 1.27 bits per heavy atom. The number of hydrogen-bond acceptors (Lipinski definition) is 6. The number of aromatic nitrogens is 1. The molecule has 0 spiro atoms. The number of pyridine rings is 1. The summed E-state index contributed by atoms with van der Waals surface area (Å²) in [5, 5.41) is 6.14. The number of rotatable bonds is 4. The molecule has 4 rings (SSSR count). The van der Waals surface area contributed by atoms with Gasteiger partial charge in [0.15, 0.2) is 6.17 Å². The number of nitrogens with zero attached hydrogens (tertiary/aromatic N) is 2. The maximum atomic E-state index is 14.8. The number of carbonyl (C=O) groups excluding carboxylic acids is 2. The Balaban J connectivity index is 1.52. The first kappa shape index (κ1) is 23.5. The summed E-state index contributed by atoms with van der Waals surface area (Å²) >= 11 is 0.762. The van der Waals surface area contributed by atoms with Crippen molar-refractivity contribution in [3.05, 3.63) is 22.6 Å². The zero-order valence-corrected chi connectivity index (χ0v) is 18.2. The van der Waals surface area contributed by atoms with Crippen molar-refractivity contribution in [1.29, 1.82) is 0 Å². The third kappa shape index (κ3) is 4.82. The number of alkyl carbamates (subject to hydrolysis) is 1. The van der Waals surface area contributed by atoms with E-state index in [0.717, 1.165) is 17.4 Å². The van der Waals surface area contributed by atoms with Gasteiger partial charge in [-0.05, 0) is 18.9 Å². The Bertz CT molecular complexity index is 1060. The third-order valence-electron chi connectivity index (χ3n) is 5.75. The first-order valence-corrected chi connectivity index (χ1v) is 11.2. The number of fused-ring (bicyclic) bond motifs is 1. The van der Waals surface area contributed by atoms with Gasteiger partial charge in [-0.25, -0.2) is 18.6 Å². The summed E-state index contributed by atoms with van der Waals surface area (Å²) in [7, 11) is 1.36. The monoisotopic (exact) mass is 492 g/mol. The lowest BCUT2D eigenvalue weighted by Crippen LogP contribution is -2.50. The summed E-state index contributed by atoms with van der Waals surface area (Å²) < 4.78 is 73.7. The summed E-state index contributed by atoms with van der Waals surface area (Å²) in [6.45, 7) is -0.257. The molecule has 1 saturated heterocycles. The van der Waals surface area contributed by atoms with Gasteiger partial charge in [0.2, 0.25) is 0 Å². The summed E-state index contributed by atoms with van der Waals surface area (Å²) in [6.07, 6.45) is -8.88. The molecule has 0 aromatic carbocycles. The van der Waals surface area contributed by atoms with E-state index in [4.69, 9.17) is 4.74 Å². The molecule has 2 amide bonds. The van der Waals surface area contributed by atoms with Crippen LogP contribution >= 0.6 is 11.3 Å². The molecular weight excluding hydrogens is 471 g/mol. The molecular formula is C20H21F5N4O3S. The van der Waals surface area contributed by atoms with Crippen LogP contribution in [0.25, 0.3) is 10.2 Å². The topological polar surface area (TPSA) is 83.6 Å². The second kappa shape index (κ2) is 8.92. The van der Waals surface area contributed by atoms with Gasteiger partial charge in [0.25, 0.3) is 5.91 Å². The normalized spacial score (nSPS) is 25.5. The first-order valence-electron chi connectivity index (χ1n) is 10.3. The summed E-state index contributed by atoms with van der Waals surface area (Å²) in [6, 6.07) is 0.499. The van der Waals surface area contributed by atoms with Crippen LogP contribution in [-0.2, 0) is 10.9 Å². The molecule has 2 aromatic heterocycles. The fraction of sp³-hybridized carbons (Fsp3) is 0.550. The van der Waals surface area contributed by atoms with Crippen LogP contribution in [0.2, 0.25) is 0 Å². The number of thiophene rings is 1. The van der Waals surface area contributed by atoms with Crippen LogP contribution < -0.4 is 15.5 Å². The van der Waals surface area contributed by atoms with Crippen molar-refractivity contribution in [2.75, 3.05) is 25.0 Å². The fourth-order valence-corrected chi connectivity index (χ4v) is 4.92. The standard InChI is InChI=1S/C20H21F5N4O3S/c1-26-18(30)11-8-33-17-12(20(23,24)25)6-15(28-16(11)17)29-3-2-14(13(22)7-29)32-19(31)27-10-4-9(21)5-10/h6,8-10,13-14H,2-5,7H2,1H3,(H,26,30)(H,27,31)/t9?,10?,13-,14-/m1/s1. The van der Waals surface area contributed by atoms with Crippen LogP contribution in [0.1, 0.15) is 35.2 Å². The number of carbonyl (C=O) groups is 2. The largest absolute Gasteiger partial charge is 0.443 e. The van der Waals surface area contributed by atoms with Crippen molar-refractivity contribution in [2.24, 2.45) is 0 Å². The van der Waals surface area contributed by atoms with E-state index in [1.165, 1.54) is 17.3 Å². The second-order valence-corrected chi connectivity index (χ2v) is 8.92. The fourth-order valence-electron chi connectivity index (χ4n) is 3.89. The highest BCUT2D eigenvalue weighted by molar-refractivity contribution is 7.17. The Morgan fingerprint density at radius 3 is 2.61 bits per heavy atom. The second-order valence-electron chi connectivity index (χ2n) is 8.04. The van der Waals surface area contributed by atoms with E-state index in [2.05, 4.69) is 15.6 Å². The number of ether oxygens (including phenoxy) is 1. The van der Waals surface area contributed by atoms with Crippen molar-refractivity contribution in [3.8, 4) is 0 Å². The first-order chi connectivity index (χ1) is 15.6. The molecule has 0 radical (unpaired) electrons. The van der Waals surface area contributed by atoms with Gasteiger partial charge in [0, 0.05) is 31.4 Å². The van der Waals surface area contributed by atoms with Crippen molar-refractivity contribution >= 4 is 39.4 Å². The molecule has 1 saturated carbocycles. The van der Waals surface area contributed by atoms with Crippen LogP contribution in [0.15, 0.2) is 11.4 Å². The average Bonchev–Trinajstić information content (AvgIpc) is 3.16. The number of nitrogens with one attached hydrogen (secondary N) is 2. The number of hydrogen-bond donors (Lipinski definition) is 2. The summed E-state index contributed by atoms with van der Waals surface area (Å²) in [5.74, 6) is -0.696. The van der Waals surface area contributed by atoms with Crippen LogP contribution in [-0.4, -0.2) is 61.6 Å². The maximum absolute atomic E-state index is 14.8. The van der Waals surface area contributed by atoms with Crippen LogP contribution in [0.4, 0.5) is 32.6 Å². The number of piperidine rings is 1. The molecule has 13 heteroatoms. The lowest BCUT2D eigenvalue weighted by atomic mass is 9.91. The van der Waals surface area contributed by atoms with Crippen molar-refractivity contribution in [3.63, 3.8) is 0 Å². The number of halogens is 5. The molecule has 7 nitrogen and oxygen atoms in total. The molecule has 1 aliphatic heterocycles. The molecule has 2 aromatic rings. The van der Waals surface area contributed by atoms with E-state index in [0.29, 0.717) is 0 Å². The van der Waals surface area contributed by atoms with Gasteiger partial charge in [0.05, 0.1) is 27.9 Å². The Hall–Kier alpha value is -2.70. The summed E-state index contributed by atoms with van der Waals surface area (Å²) in [5.41, 5.74) is -1.06. The zero-order chi connectivity index (χ0) is 23.9. The van der Waals surface area contributed by atoms with Gasteiger partial charge in [-0.1, -0.05) is 0 Å². The minimum atomic E-state index is -4.70. The van der Waals surface area contributed by atoms with Gasteiger partial charge in [0.1, 0.15) is 18.1 Å². The van der Waals surface area contributed by atoms with E-state index < -0.39 is 42.2 Å². The lowest BCUT2D eigenvalue weighted by Gasteiger charge is -2.36. The number of anilines is 1. The molecule has 3 heterocycles. The average molecular weight is 492 g/mol. The predicted octanol–water partition coefficient (Wildman–Crippen LogP) is 3.82. The highest BCUT2D eigenvalue weighted by Crippen LogP contribution is 2.40. The van der Waals surface area contributed by atoms with E-state index in [9.17, 15) is 31.5 Å². The molecule has 2 N–H and O–H groups in total. The van der Waals surface area contributed by atoms with Crippen molar-refractivity contribution < 1.29 is 36.3 Å². The molecule has 33 heavy (non-hydrogen) atoms.